The van der Waals surface area contributed by atoms with E-state index in [4.69, 9.17) is 27.9 Å². The van der Waals surface area contributed by atoms with Gasteiger partial charge >= 0.3 is 0 Å². The number of hydrogen-bond acceptors (Lipinski definition) is 5. The van der Waals surface area contributed by atoms with Crippen molar-refractivity contribution < 1.29 is 4.74 Å². The number of anilines is 4. The van der Waals surface area contributed by atoms with Gasteiger partial charge in [0.2, 0.25) is 5.95 Å². The van der Waals surface area contributed by atoms with Gasteiger partial charge < -0.3 is 15.4 Å². The Morgan fingerprint density at radius 1 is 0.962 bits per heavy atom. The van der Waals surface area contributed by atoms with Crippen LogP contribution in [0.1, 0.15) is 13.8 Å². The Kier molecular flexibility index (Phi) is 5.81. The molecule has 0 saturated heterocycles. The number of nitrogens with one attached hydrogen (secondary N) is 2. The molecule has 0 atom stereocenters. The van der Waals surface area contributed by atoms with Crippen LogP contribution in [-0.4, -0.2) is 16.1 Å². The second kappa shape index (κ2) is 8.25. The van der Waals surface area contributed by atoms with E-state index >= 15 is 0 Å². The molecule has 0 amide bonds. The topological polar surface area (TPSA) is 59.1 Å². The molecule has 0 aliphatic carbocycles. The molecule has 3 aromatic rings. The second-order valence-corrected chi connectivity index (χ2v) is 6.67. The molecule has 2 aromatic carbocycles. The molecule has 26 heavy (non-hydrogen) atoms. The van der Waals surface area contributed by atoms with Crippen LogP contribution >= 0.6 is 23.2 Å². The highest BCUT2D eigenvalue weighted by atomic mass is 35.5. The van der Waals surface area contributed by atoms with Gasteiger partial charge in [-0.25, -0.2) is 4.98 Å². The van der Waals surface area contributed by atoms with Gasteiger partial charge in [0.25, 0.3) is 0 Å². The van der Waals surface area contributed by atoms with Crippen molar-refractivity contribution in [1.82, 2.24) is 9.97 Å². The molecule has 0 bridgehead atoms. The van der Waals surface area contributed by atoms with E-state index in [0.29, 0.717) is 27.5 Å². The first kappa shape index (κ1) is 18.3. The average molecular weight is 389 g/mol. The maximum atomic E-state index is 6.16. The minimum absolute atomic E-state index is 0.141. The summed E-state index contributed by atoms with van der Waals surface area (Å²) < 4.78 is 5.64. The first-order valence-corrected chi connectivity index (χ1v) is 8.84. The molecule has 7 heteroatoms. The summed E-state index contributed by atoms with van der Waals surface area (Å²) in [7, 11) is 0. The lowest BCUT2D eigenvalue weighted by atomic mass is 10.3. The summed E-state index contributed by atoms with van der Waals surface area (Å²) in [6.07, 6.45) is 1.80. The molecule has 0 radical (unpaired) electrons. The summed E-state index contributed by atoms with van der Waals surface area (Å²) in [5.41, 5.74) is 1.54. The number of nitrogens with zero attached hydrogens (tertiary/aromatic N) is 2. The van der Waals surface area contributed by atoms with Crippen molar-refractivity contribution >= 4 is 46.3 Å². The molecule has 5 nitrogen and oxygen atoms in total. The SMILES string of the molecule is CC(C)Oc1ccc(Nc2ccnc(Nc3cc(Cl)ccc3Cl)n2)cc1. The lowest BCUT2D eigenvalue weighted by Crippen LogP contribution is -2.05. The average Bonchev–Trinajstić information content (AvgIpc) is 2.60. The predicted octanol–water partition coefficient (Wildman–Crippen LogP) is 6.06. The first-order valence-electron chi connectivity index (χ1n) is 8.08. The van der Waals surface area contributed by atoms with Crippen molar-refractivity contribution in [2.45, 2.75) is 20.0 Å². The highest BCUT2D eigenvalue weighted by Gasteiger charge is 2.05. The van der Waals surface area contributed by atoms with Gasteiger partial charge in [-0.2, -0.15) is 4.98 Å². The Bertz CT molecular complexity index is 885. The van der Waals surface area contributed by atoms with Crippen LogP contribution in [0.25, 0.3) is 0 Å². The third kappa shape index (κ3) is 5.00. The van der Waals surface area contributed by atoms with E-state index in [9.17, 15) is 0 Å². The fourth-order valence-electron chi connectivity index (χ4n) is 2.24. The van der Waals surface area contributed by atoms with Crippen LogP contribution in [0.4, 0.5) is 23.1 Å². The number of ether oxygens (including phenoxy) is 1. The molecule has 3 rings (SSSR count). The molecule has 1 aromatic heterocycles. The lowest BCUT2D eigenvalue weighted by molar-refractivity contribution is 0.242. The summed E-state index contributed by atoms with van der Waals surface area (Å²) in [6.45, 7) is 3.99. The fourth-order valence-corrected chi connectivity index (χ4v) is 2.58. The third-order valence-electron chi connectivity index (χ3n) is 3.33. The van der Waals surface area contributed by atoms with E-state index in [1.165, 1.54) is 0 Å². The number of aromatic nitrogens is 2. The van der Waals surface area contributed by atoms with E-state index in [2.05, 4.69) is 20.6 Å². The van der Waals surface area contributed by atoms with E-state index in [1.54, 1.807) is 30.5 Å². The summed E-state index contributed by atoms with van der Waals surface area (Å²) in [4.78, 5) is 8.65. The maximum absolute atomic E-state index is 6.16. The van der Waals surface area contributed by atoms with E-state index in [1.807, 2.05) is 38.1 Å². The molecule has 0 saturated carbocycles. The minimum Gasteiger partial charge on any atom is -0.491 e. The van der Waals surface area contributed by atoms with Crippen molar-refractivity contribution in [3.63, 3.8) is 0 Å². The normalized spacial score (nSPS) is 10.7. The van der Waals surface area contributed by atoms with Gasteiger partial charge in [-0.3, -0.25) is 0 Å². The van der Waals surface area contributed by atoms with Gasteiger partial charge in [0, 0.05) is 16.9 Å². The smallest absolute Gasteiger partial charge is 0.229 e. The zero-order chi connectivity index (χ0) is 18.5. The highest BCUT2D eigenvalue weighted by Crippen LogP contribution is 2.28. The largest absolute Gasteiger partial charge is 0.491 e. The molecule has 0 unspecified atom stereocenters. The van der Waals surface area contributed by atoms with Crippen molar-refractivity contribution in [3.8, 4) is 5.75 Å². The Hall–Kier alpha value is -2.50. The van der Waals surface area contributed by atoms with Crippen molar-refractivity contribution in [2.75, 3.05) is 10.6 Å². The van der Waals surface area contributed by atoms with Crippen LogP contribution in [0.2, 0.25) is 10.0 Å². The van der Waals surface area contributed by atoms with E-state index in [-0.39, 0.29) is 6.10 Å². The molecule has 0 spiro atoms. The minimum atomic E-state index is 0.141. The van der Waals surface area contributed by atoms with Gasteiger partial charge in [-0.1, -0.05) is 23.2 Å². The summed E-state index contributed by atoms with van der Waals surface area (Å²) in [5.74, 6) is 1.89. The molecule has 0 fully saturated rings. The molecule has 2 N–H and O–H groups in total. The summed E-state index contributed by atoms with van der Waals surface area (Å²) >= 11 is 12.2. The predicted molar refractivity (Wildman–Crippen MR) is 107 cm³/mol. The van der Waals surface area contributed by atoms with Gasteiger partial charge in [0.05, 0.1) is 16.8 Å². The van der Waals surface area contributed by atoms with Crippen LogP contribution in [0.5, 0.6) is 5.75 Å². The van der Waals surface area contributed by atoms with Gasteiger partial charge in [0.15, 0.2) is 0 Å². The van der Waals surface area contributed by atoms with Crippen LogP contribution in [0, 0.1) is 0 Å². The maximum Gasteiger partial charge on any atom is 0.229 e. The monoisotopic (exact) mass is 388 g/mol. The number of rotatable bonds is 6. The Labute approximate surface area is 162 Å². The van der Waals surface area contributed by atoms with Crippen LogP contribution in [-0.2, 0) is 0 Å². The van der Waals surface area contributed by atoms with Gasteiger partial charge in [-0.15, -0.1) is 0 Å². The number of benzene rings is 2. The summed E-state index contributed by atoms with van der Waals surface area (Å²) in [6, 6.07) is 14.6. The zero-order valence-corrected chi connectivity index (χ0v) is 15.8. The number of hydrogen-bond donors (Lipinski definition) is 2. The second-order valence-electron chi connectivity index (χ2n) is 5.83. The van der Waals surface area contributed by atoms with E-state index in [0.717, 1.165) is 11.4 Å². The highest BCUT2D eigenvalue weighted by molar-refractivity contribution is 6.35. The van der Waals surface area contributed by atoms with Crippen LogP contribution in [0.3, 0.4) is 0 Å². The standard InChI is InChI=1S/C19H18Cl2N4O/c1-12(2)26-15-6-4-14(5-7-15)23-18-9-10-22-19(25-18)24-17-11-13(20)3-8-16(17)21/h3-12H,1-2H3,(H2,22,23,24,25). The Balaban J connectivity index is 1.72. The molecular formula is C19H18Cl2N4O. The Morgan fingerprint density at radius 3 is 2.46 bits per heavy atom. The van der Waals surface area contributed by atoms with Gasteiger partial charge in [0.1, 0.15) is 11.6 Å². The molecular weight excluding hydrogens is 371 g/mol. The molecule has 0 aliphatic heterocycles. The Morgan fingerprint density at radius 2 is 1.73 bits per heavy atom. The van der Waals surface area contributed by atoms with Crippen LogP contribution < -0.4 is 15.4 Å². The molecule has 0 aliphatic rings. The molecule has 134 valence electrons. The van der Waals surface area contributed by atoms with Crippen LogP contribution in [0.15, 0.2) is 54.7 Å². The van der Waals surface area contributed by atoms with E-state index < -0.39 is 0 Å². The fraction of sp³-hybridized carbons (Fsp3) is 0.158. The zero-order valence-electron chi connectivity index (χ0n) is 14.3. The lowest BCUT2D eigenvalue weighted by Gasteiger charge is -2.12. The first-order chi connectivity index (χ1) is 12.5. The molecule has 1 heterocycles. The van der Waals surface area contributed by atoms with Crippen molar-refractivity contribution in [3.05, 3.63) is 64.8 Å². The number of halogens is 2. The summed E-state index contributed by atoms with van der Waals surface area (Å²) in [5, 5.41) is 7.42. The van der Waals surface area contributed by atoms with Gasteiger partial charge in [-0.05, 0) is 62.4 Å². The quantitative estimate of drug-likeness (QED) is 0.537. The van der Waals surface area contributed by atoms with Crippen molar-refractivity contribution in [2.24, 2.45) is 0 Å². The van der Waals surface area contributed by atoms with Crippen molar-refractivity contribution in [1.29, 1.82) is 0 Å². The third-order valence-corrected chi connectivity index (χ3v) is 3.89.